The Morgan fingerprint density at radius 1 is 0.740 bits per heavy atom. The van der Waals surface area contributed by atoms with Crippen molar-refractivity contribution in [2.75, 3.05) is 13.2 Å². The van der Waals surface area contributed by atoms with Crippen LogP contribution < -0.4 is 5.32 Å². The van der Waals surface area contributed by atoms with Gasteiger partial charge in [0.2, 0.25) is 5.91 Å². The van der Waals surface area contributed by atoms with Crippen molar-refractivity contribution in [3.05, 3.63) is 12.2 Å². The second-order valence-corrected chi connectivity index (χ2v) is 15.0. The van der Waals surface area contributed by atoms with Crippen molar-refractivity contribution in [2.24, 2.45) is 5.92 Å². The number of aliphatic hydroxyl groups is 5. The third-order valence-corrected chi connectivity index (χ3v) is 10.4. The number of hydrogen-bond acceptors (Lipinski definition) is 8. The van der Waals surface area contributed by atoms with Gasteiger partial charge >= 0.3 is 0 Å². The molecule has 0 aromatic heterocycles. The van der Waals surface area contributed by atoms with Gasteiger partial charge in [0.15, 0.2) is 6.29 Å². The van der Waals surface area contributed by atoms with Gasteiger partial charge in [0, 0.05) is 6.42 Å². The normalized spacial score (nSPS) is 22.9. The summed E-state index contributed by atoms with van der Waals surface area (Å²) >= 11 is 0. The van der Waals surface area contributed by atoms with Crippen LogP contribution in [0, 0.1) is 5.92 Å². The van der Waals surface area contributed by atoms with Crippen molar-refractivity contribution in [2.45, 2.75) is 224 Å². The van der Waals surface area contributed by atoms with E-state index in [4.69, 9.17) is 9.47 Å². The van der Waals surface area contributed by atoms with E-state index in [1.54, 1.807) is 6.08 Å². The molecule has 1 aliphatic rings. The molecule has 50 heavy (non-hydrogen) atoms. The number of allylic oxidation sites excluding steroid dienone is 1. The quantitative estimate of drug-likeness (QED) is 0.0300. The van der Waals surface area contributed by atoms with Gasteiger partial charge in [0.1, 0.15) is 24.4 Å². The molecule has 0 aromatic carbocycles. The van der Waals surface area contributed by atoms with Crippen LogP contribution in [-0.4, -0.2) is 87.5 Å². The van der Waals surface area contributed by atoms with Gasteiger partial charge < -0.3 is 40.3 Å². The molecule has 1 amide bonds. The second kappa shape index (κ2) is 31.5. The number of rotatable bonds is 33. The Balaban J connectivity index is 2.41. The number of aliphatic hydroxyl groups excluding tert-OH is 5. The highest BCUT2D eigenvalue weighted by Crippen LogP contribution is 2.23. The summed E-state index contributed by atoms with van der Waals surface area (Å²) in [5, 5.41) is 54.0. The number of nitrogens with one attached hydrogen (secondary N) is 1. The Morgan fingerprint density at radius 3 is 1.80 bits per heavy atom. The lowest BCUT2D eigenvalue weighted by Gasteiger charge is -2.40. The van der Waals surface area contributed by atoms with Crippen LogP contribution in [0.3, 0.4) is 0 Å². The molecule has 0 radical (unpaired) electrons. The lowest BCUT2D eigenvalue weighted by Crippen LogP contribution is -2.60. The number of carbonyl (C=O) groups excluding carboxylic acids is 1. The summed E-state index contributed by atoms with van der Waals surface area (Å²) in [5.41, 5.74) is 0. The minimum atomic E-state index is -1.56. The predicted molar refractivity (Wildman–Crippen MR) is 203 cm³/mol. The molecule has 296 valence electrons. The zero-order valence-corrected chi connectivity index (χ0v) is 32.3. The fourth-order valence-electron chi connectivity index (χ4n) is 6.60. The molecule has 0 aliphatic carbocycles. The minimum Gasteiger partial charge on any atom is -0.394 e. The van der Waals surface area contributed by atoms with Crippen molar-refractivity contribution in [1.82, 2.24) is 5.32 Å². The first kappa shape index (κ1) is 47.0. The zero-order valence-electron chi connectivity index (χ0n) is 32.3. The maximum atomic E-state index is 12.9. The van der Waals surface area contributed by atoms with E-state index in [2.05, 4.69) is 26.1 Å². The monoisotopic (exact) mass is 714 g/mol. The highest BCUT2D eigenvalue weighted by atomic mass is 16.7. The molecule has 0 aromatic rings. The van der Waals surface area contributed by atoms with Gasteiger partial charge in [-0.25, -0.2) is 0 Å². The summed E-state index contributed by atoms with van der Waals surface area (Å²) in [4.78, 5) is 12.9. The van der Waals surface area contributed by atoms with E-state index in [9.17, 15) is 30.3 Å². The molecule has 9 heteroatoms. The van der Waals surface area contributed by atoms with E-state index in [1.807, 2.05) is 6.08 Å². The summed E-state index contributed by atoms with van der Waals surface area (Å²) in [6.45, 7) is 6.08. The van der Waals surface area contributed by atoms with Gasteiger partial charge in [-0.1, -0.05) is 168 Å². The van der Waals surface area contributed by atoms with E-state index < -0.39 is 49.5 Å². The highest BCUT2D eigenvalue weighted by Gasteiger charge is 2.44. The van der Waals surface area contributed by atoms with Gasteiger partial charge in [-0.15, -0.1) is 0 Å². The molecule has 1 unspecified atom stereocenters. The van der Waals surface area contributed by atoms with Crippen molar-refractivity contribution in [3.8, 4) is 0 Å². The summed E-state index contributed by atoms with van der Waals surface area (Å²) < 4.78 is 11.2. The van der Waals surface area contributed by atoms with Crippen LogP contribution in [-0.2, 0) is 14.3 Å². The Morgan fingerprint density at radius 2 is 1.26 bits per heavy atom. The van der Waals surface area contributed by atoms with Crippen molar-refractivity contribution in [3.63, 3.8) is 0 Å². The van der Waals surface area contributed by atoms with Gasteiger partial charge in [-0.3, -0.25) is 4.79 Å². The van der Waals surface area contributed by atoms with Gasteiger partial charge in [0.05, 0.1) is 25.4 Å². The molecule has 0 bridgehead atoms. The van der Waals surface area contributed by atoms with Gasteiger partial charge in [0.25, 0.3) is 0 Å². The van der Waals surface area contributed by atoms with Crippen molar-refractivity contribution < 1.29 is 39.8 Å². The van der Waals surface area contributed by atoms with Gasteiger partial charge in [-0.05, 0) is 25.2 Å². The molecular formula is C41H79NO8. The number of unbranched alkanes of at least 4 members (excludes halogenated alkanes) is 20. The minimum absolute atomic E-state index is 0.178. The maximum absolute atomic E-state index is 12.9. The van der Waals surface area contributed by atoms with Crippen molar-refractivity contribution >= 4 is 5.91 Å². The van der Waals surface area contributed by atoms with Crippen LogP contribution in [0.2, 0.25) is 0 Å². The SMILES string of the molecule is CCCCCCCCCCCCCCCCCC(=O)N[C@@H](CO[C@@H]1O[C@H](CO)[C@@H](O)[C@H](O)[C@H]1O)[C@H](O)/C=C/CCCCCCCCC(C)CC. The Labute approximate surface area is 306 Å². The number of amides is 1. The lowest BCUT2D eigenvalue weighted by atomic mass is 9.99. The van der Waals surface area contributed by atoms with Crippen molar-refractivity contribution in [1.29, 1.82) is 0 Å². The smallest absolute Gasteiger partial charge is 0.220 e. The Hall–Kier alpha value is -1.07. The Kier molecular flexibility index (Phi) is 29.5. The molecule has 6 N–H and O–H groups in total. The second-order valence-electron chi connectivity index (χ2n) is 15.0. The number of carbonyl (C=O) groups is 1. The molecular weight excluding hydrogens is 634 g/mol. The van der Waals surface area contributed by atoms with Crippen LogP contribution in [0.4, 0.5) is 0 Å². The third-order valence-electron chi connectivity index (χ3n) is 10.4. The van der Waals surface area contributed by atoms with Crippen LogP contribution in [0.1, 0.15) is 181 Å². The first-order valence-electron chi connectivity index (χ1n) is 20.8. The molecule has 0 saturated carbocycles. The molecule has 1 rings (SSSR count). The van der Waals surface area contributed by atoms with E-state index >= 15 is 0 Å². The first-order chi connectivity index (χ1) is 24.2. The first-order valence-corrected chi connectivity index (χ1v) is 20.8. The fraction of sp³-hybridized carbons (Fsp3) is 0.927. The number of ether oxygens (including phenoxy) is 2. The maximum Gasteiger partial charge on any atom is 0.220 e. The van der Waals surface area contributed by atoms with Gasteiger partial charge in [-0.2, -0.15) is 0 Å². The average Bonchev–Trinajstić information content (AvgIpc) is 3.11. The topological polar surface area (TPSA) is 149 Å². The molecule has 1 saturated heterocycles. The van der Waals surface area contributed by atoms with E-state index in [-0.39, 0.29) is 12.5 Å². The predicted octanol–water partition coefficient (Wildman–Crippen LogP) is 7.63. The molecule has 1 aliphatic heterocycles. The summed E-state index contributed by atoms with van der Waals surface area (Å²) in [7, 11) is 0. The van der Waals surface area contributed by atoms with E-state index in [1.165, 1.54) is 116 Å². The molecule has 1 fully saturated rings. The molecule has 0 spiro atoms. The zero-order chi connectivity index (χ0) is 36.8. The fourth-order valence-corrected chi connectivity index (χ4v) is 6.60. The van der Waals surface area contributed by atoms with E-state index in [0.717, 1.165) is 44.4 Å². The molecule has 8 atom stereocenters. The summed E-state index contributed by atoms with van der Waals surface area (Å²) in [6.07, 6.45) is 25.4. The third kappa shape index (κ3) is 22.8. The van der Waals surface area contributed by atoms with Crippen LogP contribution in [0.25, 0.3) is 0 Å². The highest BCUT2D eigenvalue weighted by molar-refractivity contribution is 5.76. The number of hydrogen-bond donors (Lipinski definition) is 6. The lowest BCUT2D eigenvalue weighted by molar-refractivity contribution is -0.302. The molecule has 1 heterocycles. The van der Waals surface area contributed by atoms with Crippen LogP contribution >= 0.6 is 0 Å². The molecule has 9 nitrogen and oxygen atoms in total. The average molecular weight is 714 g/mol. The standard InChI is InChI=1S/C41H79NO8/c1-4-6-7-8-9-10-11-12-13-14-15-16-21-24-27-30-37(45)42-34(32-49-41-40(48)39(47)38(46)36(31-43)50-41)35(44)29-26-23-20-18-17-19-22-25-28-33(3)5-2/h26,29,33-36,38-41,43-44,46-48H,4-25,27-28,30-32H2,1-3H3,(H,42,45)/b29-26+/t33?,34-,35+,36+,38+,39-,40+,41+/m0/s1. The summed E-state index contributed by atoms with van der Waals surface area (Å²) in [6, 6.07) is -0.798. The largest absolute Gasteiger partial charge is 0.394 e. The Bertz CT molecular complexity index is 811. The van der Waals surface area contributed by atoms with Crippen LogP contribution in [0.5, 0.6) is 0 Å². The van der Waals surface area contributed by atoms with Crippen LogP contribution in [0.15, 0.2) is 12.2 Å². The van der Waals surface area contributed by atoms with E-state index in [0.29, 0.717) is 6.42 Å². The summed E-state index contributed by atoms with van der Waals surface area (Å²) in [5.74, 6) is 0.639.